The average molecular weight is 381 g/mol. The summed E-state index contributed by atoms with van der Waals surface area (Å²) in [4.78, 5) is 14.7. The Balaban J connectivity index is 1.50. The first-order valence-electron chi connectivity index (χ1n) is 10.3. The summed E-state index contributed by atoms with van der Waals surface area (Å²) in [7, 11) is 0. The molecule has 1 amide bonds. The third-order valence-corrected chi connectivity index (χ3v) is 5.77. The van der Waals surface area contributed by atoms with E-state index in [4.69, 9.17) is 4.74 Å². The summed E-state index contributed by atoms with van der Waals surface area (Å²) in [5.74, 6) is 1.45. The molecule has 0 unspecified atom stereocenters. The van der Waals surface area contributed by atoms with Gasteiger partial charge < -0.3 is 15.0 Å². The van der Waals surface area contributed by atoms with Crippen LogP contribution in [0, 0.1) is 19.8 Å². The molecule has 1 heterocycles. The first-order chi connectivity index (χ1) is 13.4. The number of piperidine rings is 1. The van der Waals surface area contributed by atoms with Crippen molar-refractivity contribution in [2.75, 3.05) is 24.6 Å². The van der Waals surface area contributed by atoms with E-state index in [1.807, 2.05) is 32.0 Å². The molecular weight excluding hydrogens is 348 g/mol. The summed E-state index contributed by atoms with van der Waals surface area (Å²) < 4.78 is 5.63. The molecule has 2 aromatic rings. The van der Waals surface area contributed by atoms with E-state index < -0.39 is 0 Å². The van der Waals surface area contributed by atoms with Crippen LogP contribution in [0.2, 0.25) is 0 Å². The van der Waals surface area contributed by atoms with Gasteiger partial charge in [-0.05, 0) is 80.5 Å². The second-order valence-electron chi connectivity index (χ2n) is 8.09. The van der Waals surface area contributed by atoms with Crippen molar-refractivity contribution in [3.05, 3.63) is 59.2 Å². The summed E-state index contributed by atoms with van der Waals surface area (Å²) in [6.45, 7) is 10.7. The van der Waals surface area contributed by atoms with E-state index in [0.29, 0.717) is 0 Å². The number of hydrogen-bond acceptors (Lipinski definition) is 3. The van der Waals surface area contributed by atoms with Crippen molar-refractivity contribution in [2.45, 2.75) is 46.6 Å². The van der Waals surface area contributed by atoms with Crippen LogP contribution in [-0.2, 0) is 4.79 Å². The van der Waals surface area contributed by atoms with Gasteiger partial charge in [0.15, 0.2) is 6.61 Å². The lowest BCUT2D eigenvalue weighted by Crippen LogP contribution is -2.33. The van der Waals surface area contributed by atoms with E-state index in [1.54, 1.807) is 0 Å². The van der Waals surface area contributed by atoms with Gasteiger partial charge in [0.1, 0.15) is 5.75 Å². The Morgan fingerprint density at radius 1 is 1.11 bits per heavy atom. The van der Waals surface area contributed by atoms with Gasteiger partial charge in [0.25, 0.3) is 5.91 Å². The second kappa shape index (κ2) is 9.13. The van der Waals surface area contributed by atoms with Gasteiger partial charge in [-0.15, -0.1) is 0 Å². The summed E-state index contributed by atoms with van der Waals surface area (Å²) in [5.41, 5.74) is 4.75. The van der Waals surface area contributed by atoms with Crippen LogP contribution in [0.4, 0.5) is 5.69 Å². The summed E-state index contributed by atoms with van der Waals surface area (Å²) in [5, 5.41) is 3.02. The number of hydrogen-bond donors (Lipinski definition) is 1. The van der Waals surface area contributed by atoms with E-state index in [-0.39, 0.29) is 18.6 Å². The number of benzene rings is 2. The van der Waals surface area contributed by atoms with Gasteiger partial charge in [-0.2, -0.15) is 0 Å². The Morgan fingerprint density at radius 2 is 1.79 bits per heavy atom. The smallest absolute Gasteiger partial charge is 0.258 e. The van der Waals surface area contributed by atoms with Crippen molar-refractivity contribution in [1.82, 2.24) is 5.32 Å². The Hall–Kier alpha value is -2.49. The van der Waals surface area contributed by atoms with Crippen molar-refractivity contribution >= 4 is 11.6 Å². The minimum Gasteiger partial charge on any atom is -0.484 e. The summed E-state index contributed by atoms with van der Waals surface area (Å²) in [6.07, 6.45) is 2.52. The van der Waals surface area contributed by atoms with Gasteiger partial charge in [0.2, 0.25) is 0 Å². The lowest BCUT2D eigenvalue weighted by atomic mass is 9.98. The molecular formula is C24H32N2O2. The number of nitrogens with one attached hydrogen (secondary N) is 1. The van der Waals surface area contributed by atoms with Crippen LogP contribution in [0.1, 0.15) is 49.4 Å². The van der Waals surface area contributed by atoms with E-state index in [0.717, 1.165) is 35.9 Å². The summed E-state index contributed by atoms with van der Waals surface area (Å²) in [6, 6.07) is 14.4. The Morgan fingerprint density at radius 3 is 2.43 bits per heavy atom. The predicted octanol–water partition coefficient (Wildman–Crippen LogP) is 4.80. The average Bonchev–Trinajstić information content (AvgIpc) is 2.69. The molecule has 0 saturated carbocycles. The topological polar surface area (TPSA) is 41.6 Å². The number of carbonyl (C=O) groups is 1. The molecule has 0 aliphatic carbocycles. The zero-order chi connectivity index (χ0) is 20.1. The third-order valence-electron chi connectivity index (χ3n) is 5.77. The minimum absolute atomic E-state index is 0.0247. The number of nitrogens with zero attached hydrogens (tertiary/aromatic N) is 1. The Bertz CT molecular complexity index is 793. The number of carbonyl (C=O) groups excluding carboxylic acids is 1. The van der Waals surface area contributed by atoms with Crippen LogP contribution < -0.4 is 15.0 Å². The molecule has 1 aliphatic rings. The molecule has 150 valence electrons. The van der Waals surface area contributed by atoms with Crippen molar-refractivity contribution in [3.63, 3.8) is 0 Å². The first kappa shape index (κ1) is 20.2. The monoisotopic (exact) mass is 380 g/mol. The Labute approximate surface area is 168 Å². The fourth-order valence-electron chi connectivity index (χ4n) is 3.56. The minimum atomic E-state index is -0.111. The highest BCUT2D eigenvalue weighted by Gasteiger charge is 2.16. The Kier molecular flexibility index (Phi) is 6.61. The maximum Gasteiger partial charge on any atom is 0.258 e. The zero-order valence-corrected chi connectivity index (χ0v) is 17.5. The predicted molar refractivity (Wildman–Crippen MR) is 115 cm³/mol. The molecule has 4 nitrogen and oxygen atoms in total. The molecule has 1 atom stereocenters. The van der Waals surface area contributed by atoms with E-state index in [9.17, 15) is 4.79 Å². The van der Waals surface area contributed by atoms with Gasteiger partial charge in [0, 0.05) is 18.8 Å². The molecule has 0 radical (unpaired) electrons. The van der Waals surface area contributed by atoms with Gasteiger partial charge in [-0.25, -0.2) is 0 Å². The molecule has 3 rings (SSSR count). The molecule has 1 aliphatic heterocycles. The van der Waals surface area contributed by atoms with Gasteiger partial charge in [0.05, 0.1) is 6.04 Å². The highest BCUT2D eigenvalue weighted by Crippen LogP contribution is 2.24. The van der Waals surface area contributed by atoms with Gasteiger partial charge in [-0.1, -0.05) is 25.1 Å². The van der Waals surface area contributed by atoms with Crippen LogP contribution in [-0.4, -0.2) is 25.6 Å². The lowest BCUT2D eigenvalue weighted by molar-refractivity contribution is -0.123. The summed E-state index contributed by atoms with van der Waals surface area (Å²) >= 11 is 0. The fraction of sp³-hybridized carbons (Fsp3) is 0.458. The molecule has 0 spiro atoms. The van der Waals surface area contributed by atoms with Crippen molar-refractivity contribution in [2.24, 2.45) is 5.92 Å². The van der Waals surface area contributed by atoms with Crippen LogP contribution >= 0.6 is 0 Å². The van der Waals surface area contributed by atoms with Crippen molar-refractivity contribution in [1.29, 1.82) is 0 Å². The lowest BCUT2D eigenvalue weighted by Gasteiger charge is -2.32. The maximum absolute atomic E-state index is 12.3. The van der Waals surface area contributed by atoms with Crippen molar-refractivity contribution in [3.8, 4) is 5.75 Å². The van der Waals surface area contributed by atoms with E-state index in [2.05, 4.69) is 48.3 Å². The molecule has 2 aromatic carbocycles. The number of ether oxygens (including phenoxy) is 1. The third kappa shape index (κ3) is 5.28. The van der Waals surface area contributed by atoms with Crippen LogP contribution in [0.15, 0.2) is 42.5 Å². The van der Waals surface area contributed by atoms with E-state index >= 15 is 0 Å². The SMILES string of the molecule is Cc1ccc(OCC(=O)N[C@H](C)c2ccc(N3CCC(C)CC3)cc2)cc1C. The molecule has 28 heavy (non-hydrogen) atoms. The van der Waals surface area contributed by atoms with Gasteiger partial charge in [-0.3, -0.25) is 4.79 Å². The maximum atomic E-state index is 12.3. The second-order valence-corrected chi connectivity index (χ2v) is 8.09. The number of rotatable bonds is 6. The quantitative estimate of drug-likeness (QED) is 0.783. The van der Waals surface area contributed by atoms with Crippen LogP contribution in [0.5, 0.6) is 5.75 Å². The molecule has 4 heteroatoms. The first-order valence-corrected chi connectivity index (χ1v) is 10.3. The van der Waals surface area contributed by atoms with Crippen LogP contribution in [0.3, 0.4) is 0 Å². The molecule has 0 aromatic heterocycles. The molecule has 1 saturated heterocycles. The number of amides is 1. The van der Waals surface area contributed by atoms with Crippen LogP contribution in [0.25, 0.3) is 0 Å². The van der Waals surface area contributed by atoms with Crippen molar-refractivity contribution < 1.29 is 9.53 Å². The molecule has 0 bridgehead atoms. The van der Waals surface area contributed by atoms with E-state index in [1.165, 1.54) is 24.1 Å². The molecule has 1 N–H and O–H groups in total. The fourth-order valence-corrected chi connectivity index (χ4v) is 3.56. The highest BCUT2D eigenvalue weighted by atomic mass is 16.5. The normalized spacial score (nSPS) is 15.9. The largest absolute Gasteiger partial charge is 0.484 e. The number of anilines is 1. The number of aryl methyl sites for hydroxylation is 2. The van der Waals surface area contributed by atoms with Gasteiger partial charge >= 0.3 is 0 Å². The standard InChI is InChI=1S/C24H32N2O2/c1-17-11-13-26(14-12-17)22-8-6-21(7-9-22)20(4)25-24(27)16-28-23-10-5-18(2)19(3)15-23/h5-10,15,17,20H,11-14,16H2,1-4H3,(H,25,27)/t20-/m1/s1. The highest BCUT2D eigenvalue weighted by molar-refractivity contribution is 5.78. The molecule has 1 fully saturated rings. The zero-order valence-electron chi connectivity index (χ0n) is 17.5.